The van der Waals surface area contributed by atoms with Gasteiger partial charge in [0, 0.05) is 11.1 Å². The van der Waals surface area contributed by atoms with Crippen molar-refractivity contribution in [1.82, 2.24) is 10.2 Å². The lowest BCUT2D eigenvalue weighted by atomic mass is 10.0. The topological polar surface area (TPSA) is 54.9 Å². The molecule has 4 rings (SSSR count). The molecule has 0 aliphatic rings. The zero-order valence-electron chi connectivity index (χ0n) is 16.0. The summed E-state index contributed by atoms with van der Waals surface area (Å²) in [5, 5.41) is 12.3. The minimum absolute atomic E-state index is 0.127. The maximum atomic E-state index is 13.2. The summed E-state index contributed by atoms with van der Waals surface area (Å²) in [6.45, 7) is 3.72. The van der Waals surface area contributed by atoms with Gasteiger partial charge in [0.15, 0.2) is 0 Å². The van der Waals surface area contributed by atoms with Crippen LogP contribution in [0.15, 0.2) is 54.6 Å². The Hall–Kier alpha value is -3.26. The molecule has 0 radical (unpaired) electrons. The van der Waals surface area contributed by atoms with Gasteiger partial charge in [-0.1, -0.05) is 53.8 Å². The molecule has 30 heavy (non-hydrogen) atoms. The van der Waals surface area contributed by atoms with Crippen LogP contribution in [-0.4, -0.2) is 16.1 Å². The summed E-state index contributed by atoms with van der Waals surface area (Å²) < 4.78 is 39.6. The molecule has 0 atom stereocenters. The molecule has 1 amide bonds. The van der Waals surface area contributed by atoms with Gasteiger partial charge in [0.1, 0.15) is 5.01 Å². The van der Waals surface area contributed by atoms with Crippen LogP contribution in [0.2, 0.25) is 0 Å². The average Bonchev–Trinajstić information content (AvgIpc) is 3.14. The quantitative estimate of drug-likeness (QED) is 0.421. The van der Waals surface area contributed by atoms with Crippen molar-refractivity contribution in [1.29, 1.82) is 0 Å². The average molecular weight is 427 g/mol. The van der Waals surface area contributed by atoms with E-state index >= 15 is 0 Å². The Labute approximate surface area is 174 Å². The number of anilines is 1. The number of hydrogen-bond donors (Lipinski definition) is 1. The lowest BCUT2D eigenvalue weighted by Gasteiger charge is -2.10. The van der Waals surface area contributed by atoms with E-state index in [0.29, 0.717) is 26.7 Å². The summed E-state index contributed by atoms with van der Waals surface area (Å²) in [6.07, 6.45) is -4.42. The predicted octanol–water partition coefficient (Wildman–Crippen LogP) is 6.25. The SMILES string of the molecule is Cc1cccc(C)c1C(=O)Nc1nnc(-c2ccc3c(C(F)(F)F)cccc3c2)s1. The summed E-state index contributed by atoms with van der Waals surface area (Å²) in [5.41, 5.74) is 2.25. The van der Waals surface area contributed by atoms with Crippen molar-refractivity contribution >= 4 is 33.1 Å². The van der Waals surface area contributed by atoms with E-state index in [9.17, 15) is 18.0 Å². The third kappa shape index (κ3) is 3.78. The predicted molar refractivity (Wildman–Crippen MR) is 112 cm³/mol. The normalized spacial score (nSPS) is 11.6. The standard InChI is InChI=1S/C22H16F3N3OS/c1-12-5-3-6-13(2)18(12)19(29)26-21-28-27-20(30-21)15-9-10-16-14(11-15)7-4-8-17(16)22(23,24)25/h3-11H,1-2H3,(H,26,28,29). The van der Waals surface area contributed by atoms with E-state index in [1.807, 2.05) is 32.0 Å². The number of benzene rings is 3. The van der Waals surface area contributed by atoms with Crippen LogP contribution in [0.1, 0.15) is 27.0 Å². The molecule has 3 aromatic carbocycles. The number of hydrogen-bond acceptors (Lipinski definition) is 4. The maximum Gasteiger partial charge on any atom is 0.417 e. The zero-order valence-corrected chi connectivity index (χ0v) is 16.9. The highest BCUT2D eigenvalue weighted by Crippen LogP contribution is 2.36. The van der Waals surface area contributed by atoms with Gasteiger partial charge in [0.25, 0.3) is 5.91 Å². The Bertz CT molecular complexity index is 1240. The highest BCUT2D eigenvalue weighted by molar-refractivity contribution is 7.18. The number of halogens is 3. The molecule has 4 aromatic rings. The van der Waals surface area contributed by atoms with Crippen LogP contribution in [-0.2, 0) is 6.18 Å². The van der Waals surface area contributed by atoms with E-state index < -0.39 is 11.7 Å². The summed E-state index contributed by atoms with van der Waals surface area (Å²) in [7, 11) is 0. The maximum absolute atomic E-state index is 13.2. The van der Waals surface area contributed by atoms with Crippen LogP contribution in [0, 0.1) is 13.8 Å². The Balaban J connectivity index is 1.63. The van der Waals surface area contributed by atoms with Crippen LogP contribution < -0.4 is 5.32 Å². The lowest BCUT2D eigenvalue weighted by Crippen LogP contribution is -2.14. The molecule has 0 fully saturated rings. The van der Waals surface area contributed by atoms with E-state index in [1.165, 1.54) is 12.1 Å². The van der Waals surface area contributed by atoms with E-state index in [2.05, 4.69) is 15.5 Å². The van der Waals surface area contributed by atoms with Crippen LogP contribution in [0.5, 0.6) is 0 Å². The Morgan fingerprint density at radius 3 is 2.37 bits per heavy atom. The van der Waals surface area contributed by atoms with Crippen LogP contribution >= 0.6 is 11.3 Å². The molecule has 0 spiro atoms. The summed E-state index contributed by atoms with van der Waals surface area (Å²) in [6, 6.07) is 14.3. The molecule has 1 heterocycles. The van der Waals surface area contributed by atoms with Crippen molar-refractivity contribution in [2.75, 3.05) is 5.32 Å². The number of amides is 1. The first-order valence-corrected chi connectivity index (χ1v) is 9.87. The van der Waals surface area contributed by atoms with Gasteiger partial charge in [-0.15, -0.1) is 10.2 Å². The molecule has 0 saturated heterocycles. The summed E-state index contributed by atoms with van der Waals surface area (Å²) in [5.74, 6) is -0.276. The minimum atomic E-state index is -4.42. The van der Waals surface area contributed by atoms with Crippen molar-refractivity contribution in [3.05, 3.63) is 76.9 Å². The van der Waals surface area contributed by atoms with Gasteiger partial charge in [-0.2, -0.15) is 13.2 Å². The van der Waals surface area contributed by atoms with Gasteiger partial charge < -0.3 is 0 Å². The van der Waals surface area contributed by atoms with Crippen molar-refractivity contribution < 1.29 is 18.0 Å². The first-order valence-electron chi connectivity index (χ1n) is 9.05. The number of aromatic nitrogens is 2. The van der Waals surface area contributed by atoms with E-state index in [4.69, 9.17) is 0 Å². The highest BCUT2D eigenvalue weighted by atomic mass is 32.1. The Morgan fingerprint density at radius 2 is 1.67 bits per heavy atom. The van der Waals surface area contributed by atoms with Crippen LogP contribution in [0.25, 0.3) is 21.3 Å². The smallest absolute Gasteiger partial charge is 0.296 e. The van der Waals surface area contributed by atoms with E-state index in [-0.39, 0.29) is 11.3 Å². The molecule has 0 aliphatic carbocycles. The largest absolute Gasteiger partial charge is 0.417 e. The molecule has 8 heteroatoms. The fourth-order valence-corrected chi connectivity index (χ4v) is 4.12. The van der Waals surface area contributed by atoms with Crippen LogP contribution in [0.4, 0.5) is 18.3 Å². The Morgan fingerprint density at radius 1 is 0.967 bits per heavy atom. The lowest BCUT2D eigenvalue weighted by molar-refractivity contribution is -0.136. The molecule has 0 unspecified atom stereocenters. The third-order valence-electron chi connectivity index (χ3n) is 4.79. The molecule has 1 N–H and O–H groups in total. The van der Waals surface area contributed by atoms with E-state index in [1.54, 1.807) is 18.2 Å². The molecule has 0 aliphatic heterocycles. The second-order valence-electron chi connectivity index (χ2n) is 6.87. The summed E-state index contributed by atoms with van der Waals surface area (Å²) >= 11 is 1.16. The first-order chi connectivity index (χ1) is 14.2. The minimum Gasteiger partial charge on any atom is -0.296 e. The summed E-state index contributed by atoms with van der Waals surface area (Å²) in [4.78, 5) is 12.6. The van der Waals surface area contributed by atoms with Crippen molar-refractivity contribution in [3.8, 4) is 10.6 Å². The first kappa shape index (κ1) is 20.0. The number of rotatable bonds is 3. The van der Waals surface area contributed by atoms with Gasteiger partial charge in [-0.3, -0.25) is 10.1 Å². The number of alkyl halides is 3. The molecular weight excluding hydrogens is 411 g/mol. The molecular formula is C22H16F3N3OS. The van der Waals surface area contributed by atoms with Gasteiger partial charge >= 0.3 is 6.18 Å². The van der Waals surface area contributed by atoms with Crippen LogP contribution in [0.3, 0.4) is 0 Å². The number of nitrogens with zero attached hydrogens (tertiary/aromatic N) is 2. The monoisotopic (exact) mass is 427 g/mol. The van der Waals surface area contributed by atoms with Crippen molar-refractivity contribution in [2.45, 2.75) is 20.0 Å². The third-order valence-corrected chi connectivity index (χ3v) is 5.67. The molecule has 0 bridgehead atoms. The number of aryl methyl sites for hydroxylation is 2. The zero-order chi connectivity index (χ0) is 21.5. The van der Waals surface area contributed by atoms with E-state index in [0.717, 1.165) is 28.5 Å². The molecule has 0 saturated carbocycles. The van der Waals surface area contributed by atoms with Crippen molar-refractivity contribution in [2.24, 2.45) is 0 Å². The molecule has 4 nitrogen and oxygen atoms in total. The van der Waals surface area contributed by atoms with Crippen molar-refractivity contribution in [3.63, 3.8) is 0 Å². The number of carbonyl (C=O) groups excluding carboxylic acids is 1. The van der Waals surface area contributed by atoms with Gasteiger partial charge in [0.05, 0.1) is 5.56 Å². The highest BCUT2D eigenvalue weighted by Gasteiger charge is 2.32. The number of fused-ring (bicyclic) bond motifs is 1. The van der Waals surface area contributed by atoms with Gasteiger partial charge in [-0.25, -0.2) is 0 Å². The fraction of sp³-hybridized carbons (Fsp3) is 0.136. The Kier molecular flexibility index (Phi) is 5.03. The number of carbonyl (C=O) groups is 1. The molecule has 1 aromatic heterocycles. The van der Waals surface area contributed by atoms with Gasteiger partial charge in [0.2, 0.25) is 5.13 Å². The molecule has 152 valence electrons. The van der Waals surface area contributed by atoms with Gasteiger partial charge in [-0.05, 0) is 47.9 Å². The number of nitrogens with one attached hydrogen (secondary N) is 1. The second-order valence-corrected chi connectivity index (χ2v) is 7.85. The fourth-order valence-electron chi connectivity index (χ4n) is 3.39. The second kappa shape index (κ2) is 7.53.